The summed E-state index contributed by atoms with van der Waals surface area (Å²) in [6, 6.07) is 8.81. The summed E-state index contributed by atoms with van der Waals surface area (Å²) in [6.45, 7) is 1.15. The third-order valence-corrected chi connectivity index (χ3v) is 6.46. The van der Waals surface area contributed by atoms with Gasteiger partial charge in [-0.1, -0.05) is 18.9 Å². The Morgan fingerprint density at radius 3 is 2.88 bits per heavy atom. The number of hydrogen-bond donors (Lipinski definition) is 1. The summed E-state index contributed by atoms with van der Waals surface area (Å²) in [5.74, 6) is 0.253. The Morgan fingerprint density at radius 2 is 2.04 bits per heavy atom. The first-order valence-electron chi connectivity index (χ1n) is 9.24. The van der Waals surface area contributed by atoms with Crippen molar-refractivity contribution in [1.82, 2.24) is 10.2 Å². The molecule has 1 atom stereocenters. The highest BCUT2D eigenvalue weighted by Crippen LogP contribution is 2.29. The predicted octanol–water partition coefficient (Wildman–Crippen LogP) is 3.70. The number of fused-ring (bicyclic) bond motifs is 1. The maximum atomic E-state index is 12.6. The van der Waals surface area contributed by atoms with Crippen LogP contribution in [0, 0.1) is 5.92 Å². The third-order valence-electron chi connectivity index (χ3n) is 5.56. The molecule has 2 aliphatic rings. The van der Waals surface area contributed by atoms with Crippen molar-refractivity contribution in [3.8, 4) is 0 Å². The fraction of sp³-hybridized carbons (Fsp3) is 0.500. The minimum Gasteiger partial charge on any atom is -0.352 e. The van der Waals surface area contributed by atoms with Crippen LogP contribution >= 0.6 is 11.3 Å². The van der Waals surface area contributed by atoms with E-state index < -0.39 is 0 Å². The van der Waals surface area contributed by atoms with Gasteiger partial charge in [-0.2, -0.15) is 0 Å². The van der Waals surface area contributed by atoms with Gasteiger partial charge >= 0.3 is 0 Å². The molecule has 1 saturated carbocycles. The smallest absolute Gasteiger partial charge is 0.225 e. The SMILES string of the molecule is O=C(NCc1ccc2sccc2c1)[C@H]1CCC(=O)N(C2CCCC2)C1. The predicted molar refractivity (Wildman–Crippen MR) is 100 cm³/mol. The number of rotatable bonds is 4. The van der Waals surface area contributed by atoms with Gasteiger partial charge in [0.05, 0.1) is 5.92 Å². The summed E-state index contributed by atoms with van der Waals surface area (Å²) in [6.07, 6.45) is 5.79. The first-order chi connectivity index (χ1) is 12.2. The molecule has 2 heterocycles. The Kier molecular flexibility index (Phi) is 4.75. The van der Waals surface area contributed by atoms with Crippen molar-refractivity contribution < 1.29 is 9.59 Å². The quantitative estimate of drug-likeness (QED) is 0.908. The van der Waals surface area contributed by atoms with Gasteiger partial charge in [0.2, 0.25) is 11.8 Å². The van der Waals surface area contributed by atoms with Crippen molar-refractivity contribution >= 4 is 33.2 Å². The van der Waals surface area contributed by atoms with Crippen molar-refractivity contribution in [2.45, 2.75) is 51.1 Å². The largest absolute Gasteiger partial charge is 0.352 e. The van der Waals surface area contributed by atoms with Gasteiger partial charge in [0.15, 0.2) is 0 Å². The van der Waals surface area contributed by atoms with Gasteiger partial charge in [0.1, 0.15) is 0 Å². The first kappa shape index (κ1) is 16.6. The van der Waals surface area contributed by atoms with E-state index in [9.17, 15) is 9.59 Å². The van der Waals surface area contributed by atoms with Gasteiger partial charge < -0.3 is 10.2 Å². The number of piperidine rings is 1. The van der Waals surface area contributed by atoms with E-state index in [1.54, 1.807) is 11.3 Å². The zero-order valence-electron chi connectivity index (χ0n) is 14.4. The molecule has 1 saturated heterocycles. The third kappa shape index (κ3) is 3.56. The molecule has 0 unspecified atom stereocenters. The van der Waals surface area contributed by atoms with Crippen LogP contribution in [-0.4, -0.2) is 29.3 Å². The van der Waals surface area contributed by atoms with Crippen molar-refractivity contribution in [3.05, 3.63) is 35.2 Å². The highest BCUT2D eigenvalue weighted by atomic mass is 32.1. The summed E-state index contributed by atoms with van der Waals surface area (Å²) in [4.78, 5) is 26.8. The van der Waals surface area contributed by atoms with E-state index in [0.29, 0.717) is 32.0 Å². The molecule has 2 amide bonds. The Morgan fingerprint density at radius 1 is 1.20 bits per heavy atom. The maximum Gasteiger partial charge on any atom is 0.225 e. The molecular formula is C20H24N2O2S. The lowest BCUT2D eigenvalue weighted by Gasteiger charge is -2.36. The normalized spacial score (nSPS) is 21.8. The second-order valence-corrected chi connectivity index (χ2v) is 8.18. The topological polar surface area (TPSA) is 49.4 Å². The highest BCUT2D eigenvalue weighted by Gasteiger charge is 2.34. The number of thiophene rings is 1. The van der Waals surface area contributed by atoms with E-state index in [-0.39, 0.29) is 17.7 Å². The molecule has 5 heteroatoms. The van der Waals surface area contributed by atoms with Crippen LogP contribution in [0.2, 0.25) is 0 Å². The van der Waals surface area contributed by atoms with E-state index >= 15 is 0 Å². The first-order valence-corrected chi connectivity index (χ1v) is 10.1. The molecular weight excluding hydrogens is 332 g/mol. The van der Waals surface area contributed by atoms with Crippen molar-refractivity contribution in [2.24, 2.45) is 5.92 Å². The minimum atomic E-state index is -0.0665. The molecule has 1 aliphatic carbocycles. The van der Waals surface area contributed by atoms with Crippen LogP contribution in [0.5, 0.6) is 0 Å². The van der Waals surface area contributed by atoms with Crippen molar-refractivity contribution in [1.29, 1.82) is 0 Å². The number of benzene rings is 1. The summed E-state index contributed by atoms with van der Waals surface area (Å²) in [5.41, 5.74) is 1.12. The average molecular weight is 356 g/mol. The molecule has 0 bridgehead atoms. The van der Waals surface area contributed by atoms with Crippen LogP contribution < -0.4 is 5.32 Å². The van der Waals surface area contributed by atoms with Gasteiger partial charge in [-0.05, 0) is 53.8 Å². The van der Waals surface area contributed by atoms with Crippen LogP contribution in [0.1, 0.15) is 44.1 Å². The Bertz CT molecular complexity index is 779. The van der Waals surface area contributed by atoms with E-state index in [1.807, 2.05) is 4.90 Å². The summed E-state index contributed by atoms with van der Waals surface area (Å²) >= 11 is 1.73. The lowest BCUT2D eigenvalue weighted by molar-refractivity contribution is -0.140. The van der Waals surface area contributed by atoms with Crippen molar-refractivity contribution in [2.75, 3.05) is 6.54 Å². The summed E-state index contributed by atoms with van der Waals surface area (Å²) in [5, 5.41) is 6.39. The second-order valence-electron chi connectivity index (χ2n) is 7.23. The molecule has 4 nitrogen and oxygen atoms in total. The zero-order valence-corrected chi connectivity index (χ0v) is 15.2. The van der Waals surface area contributed by atoms with Gasteiger partial charge in [-0.3, -0.25) is 9.59 Å². The van der Waals surface area contributed by atoms with Gasteiger partial charge in [-0.25, -0.2) is 0 Å². The Balaban J connectivity index is 1.36. The fourth-order valence-electron chi connectivity index (χ4n) is 4.11. The molecule has 25 heavy (non-hydrogen) atoms. The molecule has 0 radical (unpaired) electrons. The van der Waals surface area contributed by atoms with Gasteiger partial charge in [0, 0.05) is 30.3 Å². The number of likely N-dealkylation sites (tertiary alicyclic amines) is 1. The maximum absolute atomic E-state index is 12.6. The average Bonchev–Trinajstić information content (AvgIpc) is 3.31. The standard InChI is InChI=1S/C20H24N2O2S/c23-19-8-6-16(13-22(19)17-3-1-2-4-17)20(24)21-12-14-5-7-18-15(11-14)9-10-25-18/h5,7,9-11,16-17H,1-4,6,8,12-13H2,(H,21,24)/t16-/m0/s1. The Labute approximate surface area is 152 Å². The molecule has 0 spiro atoms. The van der Waals surface area contributed by atoms with Crippen LogP contribution in [-0.2, 0) is 16.1 Å². The zero-order chi connectivity index (χ0) is 17.2. The van der Waals surface area contributed by atoms with E-state index in [4.69, 9.17) is 0 Å². The summed E-state index contributed by atoms with van der Waals surface area (Å²) in [7, 11) is 0. The minimum absolute atomic E-state index is 0.0665. The van der Waals surface area contributed by atoms with Crippen LogP contribution in [0.4, 0.5) is 0 Å². The number of amides is 2. The van der Waals surface area contributed by atoms with E-state index in [2.05, 4.69) is 35.0 Å². The number of nitrogens with zero attached hydrogens (tertiary/aromatic N) is 1. The lowest BCUT2D eigenvalue weighted by atomic mass is 9.94. The van der Waals surface area contributed by atoms with Crippen LogP contribution in [0.15, 0.2) is 29.6 Å². The number of carbonyl (C=O) groups excluding carboxylic acids is 2. The lowest BCUT2D eigenvalue weighted by Crippen LogP contribution is -2.49. The van der Waals surface area contributed by atoms with Gasteiger partial charge in [-0.15, -0.1) is 11.3 Å². The number of hydrogen-bond acceptors (Lipinski definition) is 3. The molecule has 1 aliphatic heterocycles. The molecule has 2 fully saturated rings. The van der Waals surface area contributed by atoms with Crippen LogP contribution in [0.25, 0.3) is 10.1 Å². The van der Waals surface area contributed by atoms with Gasteiger partial charge in [0.25, 0.3) is 0 Å². The van der Waals surface area contributed by atoms with E-state index in [1.165, 1.54) is 22.9 Å². The monoisotopic (exact) mass is 356 g/mol. The molecule has 132 valence electrons. The molecule has 2 aromatic rings. The molecule has 4 rings (SSSR count). The number of nitrogens with one attached hydrogen (secondary N) is 1. The second kappa shape index (κ2) is 7.16. The number of carbonyl (C=O) groups is 2. The summed E-state index contributed by atoms with van der Waals surface area (Å²) < 4.78 is 1.27. The molecule has 1 N–H and O–H groups in total. The Hall–Kier alpha value is -1.88. The highest BCUT2D eigenvalue weighted by molar-refractivity contribution is 7.17. The fourth-order valence-corrected chi connectivity index (χ4v) is 4.89. The van der Waals surface area contributed by atoms with E-state index in [0.717, 1.165) is 18.4 Å². The molecule has 1 aromatic carbocycles. The molecule has 1 aromatic heterocycles. The van der Waals surface area contributed by atoms with Crippen LogP contribution in [0.3, 0.4) is 0 Å². The van der Waals surface area contributed by atoms with Crippen molar-refractivity contribution in [3.63, 3.8) is 0 Å².